The topological polar surface area (TPSA) is 65.2 Å². The molecule has 1 aliphatic carbocycles. The zero-order valence-corrected chi connectivity index (χ0v) is 11.2. The molecule has 1 aliphatic rings. The van der Waals surface area contributed by atoms with Crippen molar-refractivity contribution in [2.45, 2.75) is 57.8 Å². The van der Waals surface area contributed by atoms with Gasteiger partial charge in [-0.3, -0.25) is 4.79 Å². The standard InChI is InChI=1S/C13H20N2O3/c1-4-9(3)10-14-11(18-15-10)13(7-6-8-13)12(16)17-5-2/h9H,4-8H2,1-3H3. The third-order valence-electron chi connectivity index (χ3n) is 3.78. The Balaban J connectivity index is 2.22. The maximum Gasteiger partial charge on any atom is 0.321 e. The summed E-state index contributed by atoms with van der Waals surface area (Å²) >= 11 is 0. The van der Waals surface area contributed by atoms with Gasteiger partial charge >= 0.3 is 5.97 Å². The summed E-state index contributed by atoms with van der Waals surface area (Å²) in [7, 11) is 0. The highest BCUT2D eigenvalue weighted by molar-refractivity contribution is 5.83. The molecule has 5 heteroatoms. The molecule has 0 aromatic carbocycles. The van der Waals surface area contributed by atoms with Crippen LogP contribution in [0.5, 0.6) is 0 Å². The molecule has 1 aromatic heterocycles. The molecule has 0 bridgehead atoms. The van der Waals surface area contributed by atoms with E-state index in [0.717, 1.165) is 25.7 Å². The fraction of sp³-hybridized carbons (Fsp3) is 0.769. The molecule has 1 unspecified atom stereocenters. The molecule has 0 aliphatic heterocycles. The fourth-order valence-electron chi connectivity index (χ4n) is 2.12. The zero-order valence-electron chi connectivity index (χ0n) is 11.2. The average Bonchev–Trinajstić information content (AvgIpc) is 2.76. The molecule has 1 fully saturated rings. The first-order valence-electron chi connectivity index (χ1n) is 6.65. The summed E-state index contributed by atoms with van der Waals surface area (Å²) < 4.78 is 10.4. The number of esters is 1. The third kappa shape index (κ3) is 2.02. The van der Waals surface area contributed by atoms with Crippen molar-refractivity contribution in [2.75, 3.05) is 6.61 Å². The fourth-order valence-corrected chi connectivity index (χ4v) is 2.12. The van der Waals surface area contributed by atoms with Gasteiger partial charge in [0, 0.05) is 5.92 Å². The van der Waals surface area contributed by atoms with Gasteiger partial charge in [0.15, 0.2) is 5.82 Å². The molecule has 5 nitrogen and oxygen atoms in total. The van der Waals surface area contributed by atoms with Gasteiger partial charge < -0.3 is 9.26 Å². The normalized spacial score (nSPS) is 19.1. The zero-order chi connectivity index (χ0) is 13.2. The van der Waals surface area contributed by atoms with Gasteiger partial charge in [-0.2, -0.15) is 4.98 Å². The number of carbonyl (C=O) groups excluding carboxylic acids is 1. The van der Waals surface area contributed by atoms with Crippen LogP contribution in [0.3, 0.4) is 0 Å². The second-order valence-corrected chi connectivity index (χ2v) is 4.92. The second kappa shape index (κ2) is 5.08. The minimum absolute atomic E-state index is 0.226. The average molecular weight is 252 g/mol. The quantitative estimate of drug-likeness (QED) is 0.753. The van der Waals surface area contributed by atoms with Crippen LogP contribution in [0.15, 0.2) is 4.52 Å². The summed E-state index contributed by atoms with van der Waals surface area (Å²) in [5.74, 6) is 1.14. The van der Waals surface area contributed by atoms with E-state index in [2.05, 4.69) is 17.1 Å². The maximum atomic E-state index is 12.0. The van der Waals surface area contributed by atoms with Gasteiger partial charge in [0.2, 0.25) is 5.89 Å². The highest BCUT2D eigenvalue weighted by atomic mass is 16.5. The molecule has 0 spiro atoms. The van der Waals surface area contributed by atoms with Crippen LogP contribution in [0.1, 0.15) is 64.1 Å². The van der Waals surface area contributed by atoms with Gasteiger partial charge in [0.25, 0.3) is 0 Å². The molecular formula is C13H20N2O3. The first kappa shape index (κ1) is 13.1. The third-order valence-corrected chi connectivity index (χ3v) is 3.78. The molecule has 1 atom stereocenters. The summed E-state index contributed by atoms with van der Waals surface area (Å²) in [5.41, 5.74) is -0.672. The minimum atomic E-state index is -0.672. The van der Waals surface area contributed by atoms with Crippen LogP contribution < -0.4 is 0 Å². The van der Waals surface area contributed by atoms with E-state index in [1.807, 2.05) is 13.8 Å². The van der Waals surface area contributed by atoms with Crippen molar-refractivity contribution in [1.82, 2.24) is 10.1 Å². The van der Waals surface area contributed by atoms with E-state index in [0.29, 0.717) is 18.3 Å². The first-order valence-corrected chi connectivity index (χ1v) is 6.65. The Morgan fingerprint density at radius 1 is 1.50 bits per heavy atom. The van der Waals surface area contributed by atoms with Crippen LogP contribution >= 0.6 is 0 Å². The van der Waals surface area contributed by atoms with Crippen molar-refractivity contribution < 1.29 is 14.1 Å². The van der Waals surface area contributed by atoms with Crippen LogP contribution in [-0.4, -0.2) is 22.7 Å². The number of aromatic nitrogens is 2. The Bertz CT molecular complexity index is 424. The van der Waals surface area contributed by atoms with Crippen LogP contribution in [0.4, 0.5) is 0 Å². The largest absolute Gasteiger partial charge is 0.465 e. The summed E-state index contributed by atoms with van der Waals surface area (Å²) in [5, 5.41) is 3.98. The molecule has 1 heterocycles. The predicted octanol–water partition coefficient (Wildman–Crippen LogP) is 2.57. The summed E-state index contributed by atoms with van der Waals surface area (Å²) in [6.07, 6.45) is 3.44. The summed E-state index contributed by atoms with van der Waals surface area (Å²) in [6, 6.07) is 0. The first-order chi connectivity index (χ1) is 8.64. The van der Waals surface area contributed by atoms with Crippen LogP contribution in [0, 0.1) is 0 Å². The number of hydrogen-bond acceptors (Lipinski definition) is 5. The molecule has 18 heavy (non-hydrogen) atoms. The van der Waals surface area contributed by atoms with E-state index in [-0.39, 0.29) is 11.9 Å². The Kier molecular flexibility index (Phi) is 3.68. The lowest BCUT2D eigenvalue weighted by Gasteiger charge is -2.35. The van der Waals surface area contributed by atoms with Crippen molar-refractivity contribution in [2.24, 2.45) is 0 Å². The van der Waals surface area contributed by atoms with Gasteiger partial charge in [-0.15, -0.1) is 0 Å². The monoisotopic (exact) mass is 252 g/mol. The van der Waals surface area contributed by atoms with Gasteiger partial charge in [-0.05, 0) is 26.2 Å². The molecule has 0 N–H and O–H groups in total. The number of carbonyl (C=O) groups is 1. The van der Waals surface area contributed by atoms with Crippen molar-refractivity contribution in [3.05, 3.63) is 11.7 Å². The molecule has 100 valence electrons. The smallest absolute Gasteiger partial charge is 0.321 e. The SMILES string of the molecule is CCOC(=O)C1(c2nc(C(C)CC)no2)CCC1. The van der Waals surface area contributed by atoms with E-state index in [9.17, 15) is 4.79 Å². The lowest BCUT2D eigenvalue weighted by molar-refractivity contribution is -0.155. The lowest BCUT2D eigenvalue weighted by Crippen LogP contribution is -2.44. The Labute approximate surface area is 107 Å². The molecule has 0 radical (unpaired) electrons. The lowest BCUT2D eigenvalue weighted by atomic mass is 9.68. The molecule has 1 saturated carbocycles. The minimum Gasteiger partial charge on any atom is -0.465 e. The van der Waals surface area contributed by atoms with E-state index in [1.54, 1.807) is 0 Å². The van der Waals surface area contributed by atoms with Crippen LogP contribution in [0.25, 0.3) is 0 Å². The van der Waals surface area contributed by atoms with Crippen molar-refractivity contribution in [3.8, 4) is 0 Å². The summed E-state index contributed by atoms with van der Waals surface area (Å²) in [6.45, 7) is 6.31. The highest BCUT2D eigenvalue weighted by Crippen LogP contribution is 2.44. The van der Waals surface area contributed by atoms with Crippen molar-refractivity contribution in [3.63, 3.8) is 0 Å². The number of ether oxygens (including phenoxy) is 1. The summed E-state index contributed by atoms with van der Waals surface area (Å²) in [4.78, 5) is 16.4. The van der Waals surface area contributed by atoms with E-state index in [1.165, 1.54) is 0 Å². The molecule has 0 amide bonds. The van der Waals surface area contributed by atoms with Gasteiger partial charge in [0.05, 0.1) is 6.61 Å². The Morgan fingerprint density at radius 2 is 2.22 bits per heavy atom. The maximum absolute atomic E-state index is 12.0. The van der Waals surface area contributed by atoms with E-state index < -0.39 is 5.41 Å². The number of rotatable bonds is 5. The number of hydrogen-bond donors (Lipinski definition) is 0. The molecule has 1 aromatic rings. The van der Waals surface area contributed by atoms with Crippen LogP contribution in [-0.2, 0) is 14.9 Å². The van der Waals surface area contributed by atoms with E-state index in [4.69, 9.17) is 9.26 Å². The van der Waals surface area contributed by atoms with Crippen LogP contribution in [0.2, 0.25) is 0 Å². The molecule has 2 rings (SSSR count). The highest BCUT2D eigenvalue weighted by Gasteiger charge is 2.52. The Morgan fingerprint density at radius 3 is 2.72 bits per heavy atom. The van der Waals surface area contributed by atoms with Crippen molar-refractivity contribution >= 4 is 5.97 Å². The number of nitrogens with zero attached hydrogens (tertiary/aromatic N) is 2. The molecular weight excluding hydrogens is 232 g/mol. The predicted molar refractivity (Wildman–Crippen MR) is 65.2 cm³/mol. The Hall–Kier alpha value is -1.39. The van der Waals surface area contributed by atoms with Crippen molar-refractivity contribution in [1.29, 1.82) is 0 Å². The molecule has 0 saturated heterocycles. The van der Waals surface area contributed by atoms with E-state index >= 15 is 0 Å². The van der Waals surface area contributed by atoms with Gasteiger partial charge in [0.1, 0.15) is 5.41 Å². The van der Waals surface area contributed by atoms with Gasteiger partial charge in [-0.1, -0.05) is 25.4 Å². The van der Waals surface area contributed by atoms with Gasteiger partial charge in [-0.25, -0.2) is 0 Å². The second-order valence-electron chi connectivity index (χ2n) is 4.92.